The average molecular weight is 472 g/mol. The van der Waals surface area contributed by atoms with Crippen molar-refractivity contribution in [2.24, 2.45) is 0 Å². The summed E-state index contributed by atoms with van der Waals surface area (Å²) in [7, 11) is 1.66. The summed E-state index contributed by atoms with van der Waals surface area (Å²) >= 11 is 1.60. The lowest BCUT2D eigenvalue weighted by Crippen LogP contribution is -2.21. The van der Waals surface area contributed by atoms with Crippen LogP contribution in [-0.4, -0.2) is 33.2 Å². The third-order valence-corrected chi connectivity index (χ3v) is 7.29. The summed E-state index contributed by atoms with van der Waals surface area (Å²) in [6.07, 6.45) is 7.63. The van der Waals surface area contributed by atoms with Crippen molar-refractivity contribution in [3.63, 3.8) is 0 Å². The van der Waals surface area contributed by atoms with E-state index in [1.807, 2.05) is 43.6 Å². The van der Waals surface area contributed by atoms with Crippen LogP contribution in [0.2, 0.25) is 0 Å². The minimum absolute atomic E-state index is 0.0191. The lowest BCUT2D eigenvalue weighted by molar-refractivity contribution is 0.409. The van der Waals surface area contributed by atoms with Gasteiger partial charge in [0.15, 0.2) is 0 Å². The maximum atomic E-state index is 13.5. The zero-order valence-electron chi connectivity index (χ0n) is 19.1. The summed E-state index contributed by atoms with van der Waals surface area (Å²) in [4.78, 5) is 28.2. The SMILES string of the molecule is COc1ccc2ccccc2c1Cn1cnc2sc(CCNCc3cncnc3)c(C)c2c1=O. The fraction of sp³-hybridized carbons (Fsp3) is 0.231. The number of nitrogens with zero attached hydrogens (tertiary/aromatic N) is 4. The summed E-state index contributed by atoms with van der Waals surface area (Å²) in [5.41, 5.74) is 3.02. The quantitative estimate of drug-likeness (QED) is 0.343. The van der Waals surface area contributed by atoms with Crippen LogP contribution in [0.1, 0.15) is 21.6 Å². The van der Waals surface area contributed by atoms with Gasteiger partial charge in [0.1, 0.15) is 16.9 Å². The number of rotatable bonds is 8. The number of hydrogen-bond acceptors (Lipinski definition) is 7. The molecule has 2 aromatic carbocycles. The molecule has 0 saturated carbocycles. The molecule has 34 heavy (non-hydrogen) atoms. The zero-order valence-corrected chi connectivity index (χ0v) is 19.9. The highest BCUT2D eigenvalue weighted by atomic mass is 32.1. The summed E-state index contributed by atoms with van der Waals surface area (Å²) in [6, 6.07) is 12.1. The van der Waals surface area contributed by atoms with Gasteiger partial charge in [-0.3, -0.25) is 9.36 Å². The molecule has 3 heterocycles. The first-order chi connectivity index (χ1) is 16.7. The van der Waals surface area contributed by atoms with Gasteiger partial charge in [0.2, 0.25) is 0 Å². The van der Waals surface area contributed by atoms with Crippen molar-refractivity contribution < 1.29 is 4.74 Å². The van der Waals surface area contributed by atoms with Crippen molar-refractivity contribution in [1.82, 2.24) is 24.8 Å². The Balaban J connectivity index is 1.40. The molecule has 0 fully saturated rings. The van der Waals surface area contributed by atoms with Crippen LogP contribution in [0.4, 0.5) is 0 Å². The van der Waals surface area contributed by atoms with E-state index >= 15 is 0 Å². The molecule has 5 aromatic rings. The minimum atomic E-state index is -0.0191. The molecule has 172 valence electrons. The van der Waals surface area contributed by atoms with Crippen LogP contribution in [0.25, 0.3) is 21.0 Å². The van der Waals surface area contributed by atoms with Gasteiger partial charge < -0.3 is 10.1 Å². The number of benzene rings is 2. The van der Waals surface area contributed by atoms with Crippen LogP contribution in [-0.2, 0) is 19.5 Å². The number of aromatic nitrogens is 4. The summed E-state index contributed by atoms with van der Waals surface area (Å²) < 4.78 is 7.30. The molecule has 8 heteroatoms. The maximum absolute atomic E-state index is 13.5. The smallest absolute Gasteiger partial charge is 0.262 e. The average Bonchev–Trinajstić information content (AvgIpc) is 3.20. The Hall–Kier alpha value is -3.62. The van der Waals surface area contributed by atoms with E-state index in [0.717, 1.165) is 51.0 Å². The number of fused-ring (bicyclic) bond motifs is 2. The molecule has 0 saturated heterocycles. The summed E-state index contributed by atoms with van der Waals surface area (Å²) in [5, 5.41) is 6.32. The molecule has 0 aliphatic carbocycles. The van der Waals surface area contributed by atoms with Crippen molar-refractivity contribution in [2.45, 2.75) is 26.4 Å². The van der Waals surface area contributed by atoms with Crippen LogP contribution in [0.5, 0.6) is 5.75 Å². The maximum Gasteiger partial charge on any atom is 0.262 e. The number of methoxy groups -OCH3 is 1. The first-order valence-electron chi connectivity index (χ1n) is 11.1. The Morgan fingerprint density at radius 2 is 1.94 bits per heavy atom. The van der Waals surface area contributed by atoms with E-state index in [2.05, 4.69) is 32.4 Å². The van der Waals surface area contributed by atoms with Crippen LogP contribution in [0.15, 0.2) is 66.2 Å². The Bertz CT molecular complexity index is 1510. The molecule has 0 spiro atoms. The Kier molecular flexibility index (Phi) is 6.33. The van der Waals surface area contributed by atoms with Gasteiger partial charge in [-0.2, -0.15) is 0 Å². The highest BCUT2D eigenvalue weighted by molar-refractivity contribution is 7.18. The molecule has 0 radical (unpaired) electrons. The zero-order chi connectivity index (χ0) is 23.5. The molecule has 0 aliphatic rings. The van der Waals surface area contributed by atoms with E-state index < -0.39 is 0 Å². The molecular weight excluding hydrogens is 446 g/mol. The molecule has 0 unspecified atom stereocenters. The van der Waals surface area contributed by atoms with E-state index in [4.69, 9.17) is 4.74 Å². The van der Waals surface area contributed by atoms with Gasteiger partial charge in [-0.05, 0) is 35.7 Å². The van der Waals surface area contributed by atoms with Gasteiger partial charge in [0.05, 0.1) is 25.4 Å². The van der Waals surface area contributed by atoms with Crippen molar-refractivity contribution in [1.29, 1.82) is 0 Å². The topological polar surface area (TPSA) is 81.9 Å². The van der Waals surface area contributed by atoms with Gasteiger partial charge >= 0.3 is 0 Å². The molecule has 1 N–H and O–H groups in total. The van der Waals surface area contributed by atoms with Crippen LogP contribution < -0.4 is 15.6 Å². The Morgan fingerprint density at radius 3 is 2.76 bits per heavy atom. The second kappa shape index (κ2) is 9.70. The number of aryl methyl sites for hydroxylation is 1. The van der Waals surface area contributed by atoms with Crippen LogP contribution >= 0.6 is 11.3 Å². The fourth-order valence-corrected chi connectivity index (χ4v) is 5.39. The molecule has 0 amide bonds. The van der Waals surface area contributed by atoms with E-state index in [9.17, 15) is 4.79 Å². The third-order valence-electron chi connectivity index (χ3n) is 6.03. The van der Waals surface area contributed by atoms with Crippen LogP contribution in [0.3, 0.4) is 0 Å². The molecule has 0 bridgehead atoms. The molecule has 0 aliphatic heterocycles. The Labute approximate surface area is 201 Å². The first-order valence-corrected chi connectivity index (χ1v) is 11.9. The van der Waals surface area contributed by atoms with E-state index in [-0.39, 0.29) is 5.56 Å². The first kappa shape index (κ1) is 22.2. The van der Waals surface area contributed by atoms with E-state index in [1.165, 1.54) is 11.2 Å². The van der Waals surface area contributed by atoms with Crippen molar-refractivity contribution >= 4 is 32.3 Å². The molecule has 5 rings (SSSR count). The predicted molar refractivity (Wildman–Crippen MR) is 136 cm³/mol. The molecule has 0 atom stereocenters. The molecule has 7 nitrogen and oxygen atoms in total. The molecule has 3 aromatic heterocycles. The Morgan fingerprint density at radius 1 is 1.12 bits per heavy atom. The van der Waals surface area contributed by atoms with Crippen molar-refractivity contribution in [2.75, 3.05) is 13.7 Å². The lowest BCUT2D eigenvalue weighted by Gasteiger charge is -2.13. The van der Waals surface area contributed by atoms with Crippen LogP contribution in [0, 0.1) is 6.92 Å². The number of nitrogens with one attached hydrogen (secondary N) is 1. The van der Waals surface area contributed by atoms with Gasteiger partial charge in [-0.15, -0.1) is 11.3 Å². The van der Waals surface area contributed by atoms with Gasteiger partial charge in [0.25, 0.3) is 5.56 Å². The number of thiophene rings is 1. The van der Waals surface area contributed by atoms with E-state index in [1.54, 1.807) is 29.3 Å². The van der Waals surface area contributed by atoms with Crippen molar-refractivity contribution in [3.8, 4) is 5.75 Å². The van der Waals surface area contributed by atoms with E-state index in [0.29, 0.717) is 18.5 Å². The second-order valence-electron chi connectivity index (χ2n) is 8.15. The summed E-state index contributed by atoms with van der Waals surface area (Å²) in [5.74, 6) is 0.767. The predicted octanol–water partition coefficient (Wildman–Crippen LogP) is 4.10. The normalized spacial score (nSPS) is 11.4. The van der Waals surface area contributed by atoms with Gasteiger partial charge in [0, 0.05) is 41.5 Å². The molecular formula is C26H25N5O2S. The third kappa shape index (κ3) is 4.30. The second-order valence-corrected chi connectivity index (χ2v) is 9.23. The van der Waals surface area contributed by atoms with Gasteiger partial charge in [-0.25, -0.2) is 15.0 Å². The highest BCUT2D eigenvalue weighted by Crippen LogP contribution is 2.30. The standard InChI is InChI=1S/C26H25N5O2S/c1-17-23(9-10-27-11-18-12-28-15-29-13-18)34-25-24(17)26(32)31(16-30-25)14-21-20-6-4-3-5-19(20)7-8-22(21)33-2/h3-8,12-13,15-16,27H,9-11,14H2,1-2H3. The monoisotopic (exact) mass is 471 g/mol. The number of hydrogen-bond donors (Lipinski definition) is 1. The van der Waals surface area contributed by atoms with Gasteiger partial charge in [-0.1, -0.05) is 30.3 Å². The summed E-state index contributed by atoms with van der Waals surface area (Å²) in [6.45, 7) is 3.93. The lowest BCUT2D eigenvalue weighted by atomic mass is 10.0. The number of ether oxygens (including phenoxy) is 1. The largest absolute Gasteiger partial charge is 0.496 e. The minimum Gasteiger partial charge on any atom is -0.496 e. The van der Waals surface area contributed by atoms with Crippen molar-refractivity contribution in [3.05, 3.63) is 93.4 Å². The highest BCUT2D eigenvalue weighted by Gasteiger charge is 2.16. The fourth-order valence-electron chi connectivity index (χ4n) is 4.25.